The van der Waals surface area contributed by atoms with E-state index in [1.54, 1.807) is 0 Å². The van der Waals surface area contributed by atoms with Crippen LogP contribution >= 0.6 is 11.3 Å². The molecule has 3 aliphatic rings. The van der Waals surface area contributed by atoms with Gasteiger partial charge in [-0.1, -0.05) is 91.0 Å². The molecule has 38 heavy (non-hydrogen) atoms. The number of carbonyl (C=O) groups is 1. The van der Waals surface area contributed by atoms with Crippen molar-refractivity contribution in [3.05, 3.63) is 130 Å². The van der Waals surface area contributed by atoms with Crippen LogP contribution in [0.1, 0.15) is 52.8 Å². The summed E-state index contributed by atoms with van der Waals surface area (Å²) < 4.78 is 0. The standard InChI is InChI=1S/C33H25N3OS/c1-32(19-33(20-34)27-12-6-4-10-25(27)29(32)26-11-5-7-13-28(26)33)30(37)36-31-35-24(18-38-31)17-21-14-15-22-8-2-3-9-23(22)16-21/h2-16,18,29H,17,19H2,1H3,(H,35,36,37). The lowest BCUT2D eigenvalue weighted by Gasteiger charge is -2.54. The van der Waals surface area contributed by atoms with Crippen LogP contribution in [0.25, 0.3) is 10.8 Å². The van der Waals surface area contributed by atoms with Crippen LogP contribution in [-0.2, 0) is 16.6 Å². The Hall–Kier alpha value is -4.27. The minimum absolute atomic E-state index is 0.0854. The van der Waals surface area contributed by atoms with E-state index in [1.807, 2.05) is 48.7 Å². The van der Waals surface area contributed by atoms with E-state index in [-0.39, 0.29) is 11.8 Å². The van der Waals surface area contributed by atoms with E-state index in [1.165, 1.54) is 27.7 Å². The average Bonchev–Trinajstić information content (AvgIpc) is 3.39. The van der Waals surface area contributed by atoms with Crippen LogP contribution < -0.4 is 5.32 Å². The van der Waals surface area contributed by atoms with Crippen LogP contribution in [0.5, 0.6) is 0 Å². The molecular formula is C33H25N3OS. The number of anilines is 1. The Morgan fingerprint density at radius 2 is 1.63 bits per heavy atom. The number of rotatable bonds is 4. The van der Waals surface area contributed by atoms with Gasteiger partial charge in [0, 0.05) is 17.7 Å². The molecule has 1 N–H and O–H groups in total. The molecule has 3 aliphatic carbocycles. The first-order chi connectivity index (χ1) is 18.5. The third-order valence-corrected chi connectivity index (χ3v) is 9.22. The van der Waals surface area contributed by atoms with Crippen molar-refractivity contribution in [2.75, 3.05) is 5.32 Å². The van der Waals surface area contributed by atoms with Gasteiger partial charge in [0.15, 0.2) is 5.13 Å². The summed E-state index contributed by atoms with van der Waals surface area (Å²) in [7, 11) is 0. The Balaban J connectivity index is 1.20. The first-order valence-corrected chi connectivity index (χ1v) is 13.7. The molecule has 0 radical (unpaired) electrons. The van der Waals surface area contributed by atoms with Crippen LogP contribution in [0.3, 0.4) is 0 Å². The maximum atomic E-state index is 14.0. The first-order valence-electron chi connectivity index (χ1n) is 12.9. The third kappa shape index (κ3) is 3.27. The monoisotopic (exact) mass is 511 g/mol. The molecule has 2 bridgehead atoms. The van der Waals surface area contributed by atoms with Gasteiger partial charge in [0.1, 0.15) is 5.41 Å². The molecule has 1 amide bonds. The Morgan fingerprint density at radius 3 is 2.34 bits per heavy atom. The second-order valence-electron chi connectivity index (χ2n) is 10.7. The van der Waals surface area contributed by atoms with E-state index in [9.17, 15) is 10.1 Å². The minimum Gasteiger partial charge on any atom is -0.301 e. The van der Waals surface area contributed by atoms with Gasteiger partial charge >= 0.3 is 0 Å². The zero-order valence-electron chi connectivity index (χ0n) is 20.9. The zero-order valence-corrected chi connectivity index (χ0v) is 21.8. The fourth-order valence-corrected chi connectivity index (χ4v) is 7.44. The summed E-state index contributed by atoms with van der Waals surface area (Å²) in [5.41, 5.74) is 4.70. The van der Waals surface area contributed by atoms with Crippen molar-refractivity contribution in [1.29, 1.82) is 5.26 Å². The van der Waals surface area contributed by atoms with Crippen molar-refractivity contribution in [2.24, 2.45) is 5.41 Å². The lowest BCUT2D eigenvalue weighted by atomic mass is 9.47. The van der Waals surface area contributed by atoms with Crippen LogP contribution in [0, 0.1) is 16.7 Å². The molecule has 1 heterocycles. The predicted molar refractivity (Wildman–Crippen MR) is 151 cm³/mol. The topological polar surface area (TPSA) is 65.8 Å². The number of nitrogens with one attached hydrogen (secondary N) is 1. The summed E-state index contributed by atoms with van der Waals surface area (Å²) in [6.45, 7) is 2.01. The van der Waals surface area contributed by atoms with Crippen LogP contribution in [0.4, 0.5) is 5.13 Å². The maximum Gasteiger partial charge on any atom is 0.233 e. The van der Waals surface area contributed by atoms with Crippen molar-refractivity contribution in [3.63, 3.8) is 0 Å². The number of hydrogen-bond donors (Lipinski definition) is 1. The van der Waals surface area contributed by atoms with E-state index in [0.29, 0.717) is 18.0 Å². The van der Waals surface area contributed by atoms with Crippen molar-refractivity contribution < 1.29 is 4.79 Å². The number of aromatic nitrogens is 1. The fourth-order valence-electron chi connectivity index (χ4n) is 6.73. The smallest absolute Gasteiger partial charge is 0.233 e. The van der Waals surface area contributed by atoms with Gasteiger partial charge in [-0.2, -0.15) is 5.26 Å². The molecule has 1 unspecified atom stereocenters. The Labute approximate surface area is 225 Å². The molecule has 1 aromatic heterocycles. The van der Waals surface area contributed by atoms with E-state index >= 15 is 0 Å². The molecule has 0 spiro atoms. The SMILES string of the molecule is CC1(C(=O)Nc2nc(Cc3ccc4ccccc4c3)cs2)CC2(C#N)c3ccccc3C1c1ccccc12. The highest BCUT2D eigenvalue weighted by atomic mass is 32.1. The van der Waals surface area contributed by atoms with Crippen LogP contribution in [0.2, 0.25) is 0 Å². The average molecular weight is 512 g/mol. The molecule has 0 fully saturated rings. The van der Waals surface area contributed by atoms with E-state index in [2.05, 4.69) is 66.0 Å². The second-order valence-corrected chi connectivity index (χ2v) is 11.5. The zero-order chi connectivity index (χ0) is 25.9. The van der Waals surface area contributed by atoms with Gasteiger partial charge in [-0.3, -0.25) is 4.79 Å². The van der Waals surface area contributed by atoms with Gasteiger partial charge in [0.25, 0.3) is 0 Å². The molecule has 0 saturated carbocycles. The van der Waals surface area contributed by atoms with Gasteiger partial charge in [-0.15, -0.1) is 11.3 Å². The highest BCUT2D eigenvalue weighted by Gasteiger charge is 2.61. The summed E-state index contributed by atoms with van der Waals surface area (Å²) in [6.07, 6.45) is 1.14. The lowest BCUT2D eigenvalue weighted by Crippen LogP contribution is -2.53. The Bertz CT molecular complexity index is 1730. The fraction of sp³-hybridized carbons (Fsp3) is 0.182. The van der Waals surface area contributed by atoms with E-state index in [4.69, 9.17) is 4.98 Å². The number of thiazole rings is 1. The van der Waals surface area contributed by atoms with Gasteiger partial charge < -0.3 is 5.32 Å². The Kier molecular flexibility index (Phi) is 5.04. The number of amides is 1. The van der Waals surface area contributed by atoms with Gasteiger partial charge in [-0.05, 0) is 51.9 Å². The number of carbonyl (C=O) groups excluding carboxylic acids is 1. The summed E-state index contributed by atoms with van der Waals surface area (Å²) in [4.78, 5) is 18.8. The molecule has 5 aromatic rings. The van der Waals surface area contributed by atoms with Crippen molar-refractivity contribution in [1.82, 2.24) is 4.98 Å². The van der Waals surface area contributed by atoms with E-state index < -0.39 is 10.8 Å². The molecule has 0 saturated heterocycles. The molecule has 184 valence electrons. The van der Waals surface area contributed by atoms with Crippen molar-refractivity contribution in [2.45, 2.75) is 31.1 Å². The highest BCUT2D eigenvalue weighted by molar-refractivity contribution is 7.13. The normalized spacial score (nSPS) is 22.9. The third-order valence-electron chi connectivity index (χ3n) is 8.41. The molecule has 5 heteroatoms. The summed E-state index contributed by atoms with van der Waals surface area (Å²) in [6, 6.07) is 33.7. The van der Waals surface area contributed by atoms with Crippen molar-refractivity contribution >= 4 is 33.1 Å². The maximum absolute atomic E-state index is 14.0. The number of fused-ring (bicyclic) bond motifs is 2. The number of nitrogens with zero attached hydrogens (tertiary/aromatic N) is 2. The molecule has 4 nitrogen and oxygen atoms in total. The van der Waals surface area contributed by atoms with E-state index in [0.717, 1.165) is 27.9 Å². The predicted octanol–water partition coefficient (Wildman–Crippen LogP) is 7.19. The lowest BCUT2D eigenvalue weighted by molar-refractivity contribution is -0.127. The highest BCUT2D eigenvalue weighted by Crippen LogP contribution is 2.63. The molecule has 0 aliphatic heterocycles. The number of nitriles is 1. The van der Waals surface area contributed by atoms with Gasteiger partial charge in [0.05, 0.1) is 17.2 Å². The first kappa shape index (κ1) is 22.9. The van der Waals surface area contributed by atoms with Crippen molar-refractivity contribution in [3.8, 4) is 6.07 Å². The largest absolute Gasteiger partial charge is 0.301 e. The van der Waals surface area contributed by atoms with Gasteiger partial charge in [-0.25, -0.2) is 4.98 Å². The molecular weight excluding hydrogens is 486 g/mol. The number of benzene rings is 4. The van der Waals surface area contributed by atoms with Gasteiger partial charge in [0.2, 0.25) is 5.91 Å². The van der Waals surface area contributed by atoms with Crippen LogP contribution in [-0.4, -0.2) is 10.9 Å². The summed E-state index contributed by atoms with van der Waals surface area (Å²) in [5, 5.41) is 18.8. The summed E-state index contributed by atoms with van der Waals surface area (Å²) in [5.74, 6) is -0.208. The minimum atomic E-state index is -0.849. The molecule has 4 aromatic carbocycles. The summed E-state index contributed by atoms with van der Waals surface area (Å²) >= 11 is 1.45. The molecule has 8 rings (SSSR count). The quantitative estimate of drug-likeness (QED) is 0.278. The Morgan fingerprint density at radius 1 is 0.974 bits per heavy atom. The second kappa shape index (κ2) is 8.37. The van der Waals surface area contributed by atoms with Crippen LogP contribution in [0.15, 0.2) is 96.4 Å². The molecule has 1 atom stereocenters. The number of hydrogen-bond acceptors (Lipinski definition) is 4.